The van der Waals surface area contributed by atoms with E-state index in [0.29, 0.717) is 25.9 Å². The number of hydrogen-bond donors (Lipinski definition) is 2. The lowest BCUT2D eigenvalue weighted by molar-refractivity contribution is -0.148. The van der Waals surface area contributed by atoms with Crippen LogP contribution in [0.5, 0.6) is 0 Å². The van der Waals surface area contributed by atoms with Crippen molar-refractivity contribution in [2.24, 2.45) is 0 Å². The number of urea groups is 1. The summed E-state index contributed by atoms with van der Waals surface area (Å²) in [5, 5.41) is 12.2. The number of nitrogens with one attached hydrogen (secondary N) is 1. The predicted molar refractivity (Wildman–Crippen MR) is 77.6 cm³/mol. The second kappa shape index (κ2) is 7.62. The highest BCUT2D eigenvalue weighted by molar-refractivity contribution is 7.98. The zero-order chi connectivity index (χ0) is 14.3. The summed E-state index contributed by atoms with van der Waals surface area (Å²) >= 11 is 1.79. The number of carboxylic acids is 1. The Bertz CT molecular complexity index is 325. The summed E-state index contributed by atoms with van der Waals surface area (Å²) in [4.78, 5) is 25.1. The van der Waals surface area contributed by atoms with Crippen LogP contribution in [0.2, 0.25) is 0 Å². The number of likely N-dealkylation sites (tertiary alicyclic amines) is 1. The fourth-order valence-electron chi connectivity index (χ4n) is 2.58. The minimum Gasteiger partial charge on any atom is -0.479 e. The Kier molecular flexibility index (Phi) is 6.48. The third-order valence-electron chi connectivity index (χ3n) is 3.77. The van der Waals surface area contributed by atoms with Gasteiger partial charge in [0.05, 0.1) is 0 Å². The Labute approximate surface area is 119 Å². The normalized spacial score (nSPS) is 22.5. The van der Waals surface area contributed by atoms with E-state index in [1.807, 2.05) is 6.92 Å². The van der Waals surface area contributed by atoms with Gasteiger partial charge in [0.15, 0.2) is 0 Å². The van der Waals surface area contributed by atoms with Crippen LogP contribution >= 0.6 is 11.8 Å². The average molecular weight is 288 g/mol. The summed E-state index contributed by atoms with van der Waals surface area (Å²) in [5.74, 6) is 0.207. The van der Waals surface area contributed by atoms with Crippen molar-refractivity contribution < 1.29 is 14.7 Å². The van der Waals surface area contributed by atoms with Crippen molar-refractivity contribution in [2.45, 2.75) is 44.6 Å². The molecule has 0 aromatic heterocycles. The van der Waals surface area contributed by atoms with Gasteiger partial charge in [-0.05, 0) is 44.1 Å². The van der Waals surface area contributed by atoms with Crippen LogP contribution in [0.25, 0.3) is 0 Å². The Balaban J connectivity index is 2.48. The molecule has 2 amide bonds. The van der Waals surface area contributed by atoms with Crippen molar-refractivity contribution >= 4 is 23.8 Å². The van der Waals surface area contributed by atoms with Crippen LogP contribution in [-0.4, -0.2) is 52.6 Å². The number of unbranched alkanes of at least 4 members (excludes halogenated alkanes) is 1. The van der Waals surface area contributed by atoms with Crippen LogP contribution in [0, 0.1) is 0 Å². The van der Waals surface area contributed by atoms with Crippen molar-refractivity contribution in [1.29, 1.82) is 0 Å². The van der Waals surface area contributed by atoms with Gasteiger partial charge in [-0.1, -0.05) is 6.92 Å². The lowest BCUT2D eigenvalue weighted by atomic mass is 9.93. The molecule has 0 saturated carbocycles. The van der Waals surface area contributed by atoms with Crippen LogP contribution < -0.4 is 5.32 Å². The Morgan fingerprint density at radius 3 is 2.74 bits per heavy atom. The molecule has 0 radical (unpaired) electrons. The van der Waals surface area contributed by atoms with E-state index >= 15 is 0 Å². The highest BCUT2D eigenvalue weighted by Crippen LogP contribution is 2.32. The van der Waals surface area contributed by atoms with Gasteiger partial charge < -0.3 is 15.3 Å². The standard InChI is InChI=1S/C13H24N2O3S/c1-3-13(11(16)17)7-6-9-15(13)12(18)14-8-4-5-10-19-2/h3-10H2,1-2H3,(H,14,18)(H,16,17). The third-order valence-corrected chi connectivity index (χ3v) is 4.47. The quantitative estimate of drug-likeness (QED) is 0.704. The third kappa shape index (κ3) is 3.78. The van der Waals surface area contributed by atoms with Gasteiger partial charge in [0, 0.05) is 13.1 Å². The van der Waals surface area contributed by atoms with Gasteiger partial charge in [0.1, 0.15) is 5.54 Å². The number of aliphatic carboxylic acids is 1. The summed E-state index contributed by atoms with van der Waals surface area (Å²) in [6.45, 7) is 2.99. The molecule has 0 spiro atoms. The fourth-order valence-corrected chi connectivity index (χ4v) is 3.07. The SMILES string of the molecule is CCC1(C(=O)O)CCCN1C(=O)NCCCCSC. The average Bonchev–Trinajstić information content (AvgIpc) is 2.83. The van der Waals surface area contributed by atoms with Crippen molar-refractivity contribution in [3.8, 4) is 0 Å². The van der Waals surface area contributed by atoms with E-state index in [9.17, 15) is 14.7 Å². The molecule has 1 unspecified atom stereocenters. The van der Waals surface area contributed by atoms with Gasteiger partial charge >= 0.3 is 12.0 Å². The van der Waals surface area contributed by atoms with Gasteiger partial charge in [0.2, 0.25) is 0 Å². The van der Waals surface area contributed by atoms with Crippen molar-refractivity contribution in [1.82, 2.24) is 10.2 Å². The highest BCUT2D eigenvalue weighted by atomic mass is 32.2. The zero-order valence-corrected chi connectivity index (χ0v) is 12.6. The molecule has 6 heteroatoms. The number of carboxylic acid groups (broad SMARTS) is 1. The molecule has 1 aliphatic rings. The molecule has 1 heterocycles. The van der Waals surface area contributed by atoms with Crippen LogP contribution in [0.4, 0.5) is 4.79 Å². The van der Waals surface area contributed by atoms with Gasteiger partial charge in [-0.15, -0.1) is 0 Å². The van der Waals surface area contributed by atoms with E-state index in [4.69, 9.17) is 0 Å². The molecule has 1 atom stereocenters. The fraction of sp³-hybridized carbons (Fsp3) is 0.846. The first kappa shape index (κ1) is 16.1. The van der Waals surface area contributed by atoms with E-state index in [-0.39, 0.29) is 6.03 Å². The largest absolute Gasteiger partial charge is 0.479 e. The van der Waals surface area contributed by atoms with E-state index < -0.39 is 11.5 Å². The van der Waals surface area contributed by atoms with Crippen molar-refractivity contribution in [3.63, 3.8) is 0 Å². The molecular weight excluding hydrogens is 264 g/mol. The molecule has 0 bridgehead atoms. The van der Waals surface area contributed by atoms with Crippen molar-refractivity contribution in [3.05, 3.63) is 0 Å². The van der Waals surface area contributed by atoms with Gasteiger partial charge in [-0.25, -0.2) is 9.59 Å². The lowest BCUT2D eigenvalue weighted by Crippen LogP contribution is -2.55. The summed E-state index contributed by atoms with van der Waals surface area (Å²) < 4.78 is 0. The zero-order valence-electron chi connectivity index (χ0n) is 11.8. The number of carbonyl (C=O) groups is 2. The highest BCUT2D eigenvalue weighted by Gasteiger charge is 2.48. The minimum atomic E-state index is -0.997. The number of rotatable bonds is 7. The number of thioether (sulfide) groups is 1. The van der Waals surface area contributed by atoms with Gasteiger partial charge in [-0.3, -0.25) is 0 Å². The molecule has 0 aromatic carbocycles. The van der Waals surface area contributed by atoms with Crippen LogP contribution in [0.1, 0.15) is 39.0 Å². The summed E-state index contributed by atoms with van der Waals surface area (Å²) in [6, 6.07) is -0.231. The van der Waals surface area contributed by atoms with Gasteiger partial charge in [0.25, 0.3) is 0 Å². The molecular formula is C13H24N2O3S. The number of amides is 2. The first-order valence-corrected chi connectivity index (χ1v) is 8.25. The molecule has 0 aliphatic carbocycles. The smallest absolute Gasteiger partial charge is 0.329 e. The summed E-state index contributed by atoms with van der Waals surface area (Å²) in [5.41, 5.74) is -0.997. The molecule has 1 fully saturated rings. The first-order chi connectivity index (χ1) is 9.08. The Morgan fingerprint density at radius 2 is 2.16 bits per heavy atom. The minimum absolute atomic E-state index is 0.231. The molecule has 5 nitrogen and oxygen atoms in total. The van der Waals surface area contributed by atoms with Crippen molar-refractivity contribution in [2.75, 3.05) is 25.1 Å². The Hall–Kier alpha value is -0.910. The molecule has 0 aromatic rings. The van der Waals surface area contributed by atoms with Crippen LogP contribution in [0.15, 0.2) is 0 Å². The topological polar surface area (TPSA) is 69.6 Å². The number of carbonyl (C=O) groups excluding carboxylic acids is 1. The second-order valence-corrected chi connectivity index (χ2v) is 5.86. The van der Waals surface area contributed by atoms with Crippen LogP contribution in [-0.2, 0) is 4.79 Å². The monoisotopic (exact) mass is 288 g/mol. The van der Waals surface area contributed by atoms with E-state index in [1.165, 1.54) is 4.90 Å². The predicted octanol–water partition coefficient (Wildman–Crippen LogP) is 2.17. The van der Waals surface area contributed by atoms with E-state index in [2.05, 4.69) is 11.6 Å². The maximum atomic E-state index is 12.1. The second-order valence-electron chi connectivity index (χ2n) is 4.88. The number of nitrogens with zero attached hydrogens (tertiary/aromatic N) is 1. The lowest BCUT2D eigenvalue weighted by Gasteiger charge is -2.33. The molecule has 2 N–H and O–H groups in total. The molecule has 1 aliphatic heterocycles. The summed E-state index contributed by atoms with van der Waals surface area (Å²) in [7, 11) is 0. The maximum absolute atomic E-state index is 12.1. The number of hydrogen-bond acceptors (Lipinski definition) is 3. The molecule has 1 rings (SSSR count). The van der Waals surface area contributed by atoms with E-state index in [0.717, 1.165) is 25.0 Å². The molecule has 1 saturated heterocycles. The first-order valence-electron chi connectivity index (χ1n) is 6.86. The summed E-state index contributed by atoms with van der Waals surface area (Å²) in [6.07, 6.45) is 5.85. The maximum Gasteiger partial charge on any atom is 0.329 e. The molecule has 19 heavy (non-hydrogen) atoms. The van der Waals surface area contributed by atoms with Crippen LogP contribution in [0.3, 0.4) is 0 Å². The Morgan fingerprint density at radius 1 is 1.42 bits per heavy atom. The van der Waals surface area contributed by atoms with Gasteiger partial charge in [-0.2, -0.15) is 11.8 Å². The van der Waals surface area contributed by atoms with E-state index in [1.54, 1.807) is 11.8 Å². The molecule has 110 valence electrons.